The monoisotopic (exact) mass is 483 g/mol. The smallest absolute Gasteiger partial charge is 0.331 e. The highest BCUT2D eigenvalue weighted by molar-refractivity contribution is 6.30. The third kappa shape index (κ3) is 3.10. The average molecular weight is 484 g/mol. The molecular weight excluding hydrogens is 462 g/mol. The molecule has 0 spiro atoms. The molecule has 35 heavy (non-hydrogen) atoms. The highest BCUT2D eigenvalue weighted by atomic mass is 35.5. The molecule has 7 heteroatoms. The van der Waals surface area contributed by atoms with Gasteiger partial charge in [0, 0.05) is 19.1 Å². The molecule has 0 bridgehead atoms. The Morgan fingerprint density at radius 2 is 1.54 bits per heavy atom. The lowest BCUT2D eigenvalue weighted by Gasteiger charge is -2.30. The molecule has 0 N–H and O–H groups in total. The molecule has 6 rings (SSSR count). The second kappa shape index (κ2) is 7.75. The molecule has 0 saturated carbocycles. The molecule has 1 aliphatic heterocycles. The van der Waals surface area contributed by atoms with Crippen LogP contribution in [0.4, 0.5) is 0 Å². The Balaban J connectivity index is 1.85. The van der Waals surface area contributed by atoms with Crippen molar-refractivity contribution in [2.75, 3.05) is 0 Å². The quantitative estimate of drug-likeness (QED) is 0.349. The Labute approximate surface area is 206 Å². The fraction of sp³-hybridized carbons (Fsp3) is 0.143. The number of hydrogen-bond donors (Lipinski definition) is 0. The SMILES string of the molecule is Cc1ccc(-c2c3c(=O)n(C)c(=O)n(C)c3c3n2-c2ccccc2O[C@@H]3c2ccc(Cl)cc2)cc1. The topological polar surface area (TPSA) is 58.2 Å². The predicted octanol–water partition coefficient (Wildman–Crippen LogP) is 5.14. The van der Waals surface area contributed by atoms with Crippen molar-refractivity contribution in [2.45, 2.75) is 13.0 Å². The van der Waals surface area contributed by atoms with Crippen molar-refractivity contribution in [2.24, 2.45) is 14.1 Å². The summed E-state index contributed by atoms with van der Waals surface area (Å²) in [5.74, 6) is 0.690. The van der Waals surface area contributed by atoms with E-state index in [-0.39, 0.29) is 11.2 Å². The molecule has 0 radical (unpaired) electrons. The number of halogens is 1. The lowest BCUT2D eigenvalue weighted by molar-refractivity contribution is 0.229. The normalized spacial score (nSPS) is 14.5. The molecule has 1 atom stereocenters. The highest BCUT2D eigenvalue weighted by Crippen LogP contribution is 2.46. The van der Waals surface area contributed by atoms with Crippen molar-refractivity contribution in [1.29, 1.82) is 0 Å². The average Bonchev–Trinajstić information content (AvgIpc) is 3.23. The third-order valence-electron chi connectivity index (χ3n) is 6.71. The number of benzene rings is 3. The highest BCUT2D eigenvalue weighted by Gasteiger charge is 2.36. The fourth-order valence-corrected chi connectivity index (χ4v) is 5.09. The van der Waals surface area contributed by atoms with Gasteiger partial charge in [-0.05, 0) is 42.3 Å². The van der Waals surface area contributed by atoms with E-state index in [1.165, 1.54) is 7.05 Å². The van der Waals surface area contributed by atoms with E-state index in [1.807, 2.05) is 79.7 Å². The zero-order valence-corrected chi connectivity index (χ0v) is 20.2. The van der Waals surface area contributed by atoms with E-state index in [9.17, 15) is 9.59 Å². The van der Waals surface area contributed by atoms with Gasteiger partial charge in [-0.25, -0.2) is 4.79 Å². The summed E-state index contributed by atoms with van der Waals surface area (Å²) in [5.41, 5.74) is 4.98. The van der Waals surface area contributed by atoms with E-state index >= 15 is 0 Å². The van der Waals surface area contributed by atoms with Gasteiger partial charge < -0.3 is 9.30 Å². The maximum Gasteiger partial charge on any atom is 0.331 e. The van der Waals surface area contributed by atoms with Crippen LogP contribution < -0.4 is 16.0 Å². The van der Waals surface area contributed by atoms with Gasteiger partial charge in [0.15, 0.2) is 6.10 Å². The summed E-state index contributed by atoms with van der Waals surface area (Å²) in [4.78, 5) is 26.7. The molecule has 174 valence electrons. The molecular formula is C28H22ClN3O3. The van der Waals surface area contributed by atoms with Gasteiger partial charge >= 0.3 is 5.69 Å². The minimum absolute atomic E-state index is 0.340. The van der Waals surface area contributed by atoms with Crippen LogP contribution in [0.1, 0.15) is 22.9 Å². The summed E-state index contributed by atoms with van der Waals surface area (Å²) in [6, 6.07) is 23.3. The third-order valence-corrected chi connectivity index (χ3v) is 6.96. The summed E-state index contributed by atoms with van der Waals surface area (Å²) in [5, 5.41) is 1.10. The number of para-hydroxylation sites is 2. The van der Waals surface area contributed by atoms with Gasteiger partial charge in [-0.1, -0.05) is 65.7 Å². The number of hydrogen-bond acceptors (Lipinski definition) is 3. The van der Waals surface area contributed by atoms with Gasteiger partial charge in [-0.15, -0.1) is 0 Å². The molecule has 6 nitrogen and oxygen atoms in total. The van der Waals surface area contributed by atoms with Crippen LogP contribution in [-0.4, -0.2) is 13.7 Å². The second-order valence-electron chi connectivity index (χ2n) is 8.88. The zero-order chi connectivity index (χ0) is 24.4. The Morgan fingerprint density at radius 3 is 2.26 bits per heavy atom. The molecule has 3 heterocycles. The first-order valence-corrected chi connectivity index (χ1v) is 11.7. The maximum atomic E-state index is 13.7. The van der Waals surface area contributed by atoms with Crippen LogP contribution in [-0.2, 0) is 14.1 Å². The standard InChI is InChI=1S/C28H22ClN3O3/c1-16-8-10-17(11-9-16)23-22-24(30(2)28(34)31(3)27(22)33)25-26(18-12-14-19(29)15-13-18)35-21-7-5-4-6-20(21)32(23)25/h4-15,26H,1-3H3/t26-/m1/s1. The van der Waals surface area contributed by atoms with Gasteiger partial charge in [0.1, 0.15) is 5.75 Å². The second-order valence-corrected chi connectivity index (χ2v) is 9.32. The van der Waals surface area contributed by atoms with E-state index in [0.717, 1.165) is 38.3 Å². The molecule has 0 saturated heterocycles. The van der Waals surface area contributed by atoms with Crippen LogP contribution in [0.3, 0.4) is 0 Å². The van der Waals surface area contributed by atoms with Crippen molar-refractivity contribution < 1.29 is 4.74 Å². The van der Waals surface area contributed by atoms with Crippen molar-refractivity contribution in [3.63, 3.8) is 0 Å². The van der Waals surface area contributed by atoms with Gasteiger partial charge in [0.2, 0.25) is 0 Å². The summed E-state index contributed by atoms with van der Waals surface area (Å²) in [6.07, 6.45) is -0.554. The Hall–Kier alpha value is -4.03. The predicted molar refractivity (Wildman–Crippen MR) is 138 cm³/mol. The van der Waals surface area contributed by atoms with Gasteiger partial charge in [-0.2, -0.15) is 0 Å². The maximum absolute atomic E-state index is 13.7. The number of aromatic nitrogens is 3. The molecule has 0 aliphatic carbocycles. The van der Waals surface area contributed by atoms with Gasteiger partial charge in [0.05, 0.1) is 28.0 Å². The largest absolute Gasteiger partial charge is 0.477 e. The first kappa shape index (κ1) is 21.5. The number of nitrogens with zero attached hydrogens (tertiary/aromatic N) is 3. The first-order chi connectivity index (χ1) is 16.9. The van der Waals surface area contributed by atoms with E-state index in [1.54, 1.807) is 11.6 Å². The summed E-state index contributed by atoms with van der Waals surface area (Å²) in [7, 11) is 3.21. The van der Waals surface area contributed by atoms with E-state index < -0.39 is 6.10 Å². The van der Waals surface area contributed by atoms with Crippen molar-refractivity contribution in [1.82, 2.24) is 13.7 Å². The first-order valence-electron chi connectivity index (χ1n) is 11.3. The number of fused-ring (bicyclic) bond motifs is 5. The lowest BCUT2D eigenvalue weighted by atomic mass is 10.0. The Kier molecular flexibility index (Phi) is 4.76. The minimum atomic E-state index is -0.554. The number of aryl methyl sites for hydroxylation is 2. The van der Waals surface area contributed by atoms with Crippen LogP contribution >= 0.6 is 11.6 Å². The zero-order valence-electron chi connectivity index (χ0n) is 19.4. The molecule has 0 amide bonds. The van der Waals surface area contributed by atoms with Crippen molar-refractivity contribution in [3.05, 3.63) is 115 Å². The van der Waals surface area contributed by atoms with E-state index in [2.05, 4.69) is 4.57 Å². The van der Waals surface area contributed by atoms with Crippen LogP contribution in [0, 0.1) is 6.92 Å². The molecule has 1 aliphatic rings. The van der Waals surface area contributed by atoms with Crippen LogP contribution in [0.5, 0.6) is 5.75 Å². The van der Waals surface area contributed by atoms with E-state index in [0.29, 0.717) is 21.7 Å². The van der Waals surface area contributed by atoms with Gasteiger partial charge in [0.25, 0.3) is 5.56 Å². The van der Waals surface area contributed by atoms with Crippen LogP contribution in [0.25, 0.3) is 27.8 Å². The van der Waals surface area contributed by atoms with Crippen molar-refractivity contribution in [3.8, 4) is 22.7 Å². The van der Waals surface area contributed by atoms with Gasteiger partial charge in [-0.3, -0.25) is 13.9 Å². The molecule has 0 fully saturated rings. The summed E-state index contributed by atoms with van der Waals surface area (Å²) >= 11 is 6.17. The summed E-state index contributed by atoms with van der Waals surface area (Å²) in [6.45, 7) is 2.03. The van der Waals surface area contributed by atoms with Crippen LogP contribution in [0.15, 0.2) is 82.4 Å². The Morgan fingerprint density at radius 1 is 0.857 bits per heavy atom. The number of rotatable bonds is 2. The Bertz CT molecular complexity index is 1740. The van der Waals surface area contributed by atoms with E-state index in [4.69, 9.17) is 16.3 Å². The molecule has 5 aromatic rings. The molecule has 2 aromatic heterocycles. The number of ether oxygens (including phenoxy) is 1. The fourth-order valence-electron chi connectivity index (χ4n) is 4.96. The summed E-state index contributed by atoms with van der Waals surface area (Å²) < 4.78 is 11.3. The lowest BCUT2D eigenvalue weighted by Crippen LogP contribution is -2.37. The van der Waals surface area contributed by atoms with Crippen LogP contribution in [0.2, 0.25) is 5.02 Å². The molecule has 0 unspecified atom stereocenters. The minimum Gasteiger partial charge on any atom is -0.477 e. The van der Waals surface area contributed by atoms with Crippen molar-refractivity contribution >= 4 is 22.5 Å². The molecule has 3 aromatic carbocycles.